The van der Waals surface area contributed by atoms with Crippen molar-refractivity contribution in [2.75, 3.05) is 6.54 Å². The fraction of sp³-hybridized carbons (Fsp3) is 0.417. The Morgan fingerprint density at radius 1 is 1.13 bits per heavy atom. The van der Waals surface area contributed by atoms with Gasteiger partial charge in [-0.15, -0.1) is 0 Å². The van der Waals surface area contributed by atoms with E-state index >= 15 is 0 Å². The van der Waals surface area contributed by atoms with Gasteiger partial charge in [0.2, 0.25) is 11.8 Å². The monoisotopic (exact) mass is 430 g/mol. The fourth-order valence-electron chi connectivity index (χ4n) is 3.92. The first-order valence-electron chi connectivity index (χ1n) is 10.5. The molecule has 4 nitrogen and oxygen atoms in total. The third kappa shape index (κ3) is 5.82. The van der Waals surface area contributed by atoms with Crippen LogP contribution in [0.25, 0.3) is 0 Å². The SMILES string of the molecule is C[C@@H](C(=O)NC1CCCC1)N(CCc1ccccc1)C(=O)Cc1c(F)cccc1Cl. The van der Waals surface area contributed by atoms with E-state index < -0.39 is 11.9 Å². The minimum absolute atomic E-state index is 0.164. The van der Waals surface area contributed by atoms with Gasteiger partial charge in [-0.05, 0) is 43.9 Å². The minimum Gasteiger partial charge on any atom is -0.352 e. The highest BCUT2D eigenvalue weighted by Gasteiger charge is 2.29. The molecule has 0 aliphatic heterocycles. The van der Waals surface area contributed by atoms with Crippen LogP contribution >= 0.6 is 11.6 Å². The van der Waals surface area contributed by atoms with Crippen LogP contribution in [0, 0.1) is 5.82 Å². The largest absolute Gasteiger partial charge is 0.352 e. The van der Waals surface area contributed by atoms with E-state index in [2.05, 4.69) is 5.32 Å². The van der Waals surface area contributed by atoms with Crippen molar-refractivity contribution in [2.45, 2.75) is 57.5 Å². The molecule has 1 fully saturated rings. The molecule has 1 atom stereocenters. The molecule has 0 radical (unpaired) electrons. The highest BCUT2D eigenvalue weighted by Crippen LogP contribution is 2.21. The maximum Gasteiger partial charge on any atom is 0.242 e. The van der Waals surface area contributed by atoms with Crippen molar-refractivity contribution in [3.05, 3.63) is 70.5 Å². The van der Waals surface area contributed by atoms with Gasteiger partial charge in [-0.25, -0.2) is 4.39 Å². The number of amides is 2. The van der Waals surface area contributed by atoms with Gasteiger partial charge >= 0.3 is 0 Å². The summed E-state index contributed by atoms with van der Waals surface area (Å²) in [5.41, 5.74) is 1.24. The fourth-order valence-corrected chi connectivity index (χ4v) is 4.15. The number of hydrogen-bond donors (Lipinski definition) is 1. The summed E-state index contributed by atoms with van der Waals surface area (Å²) in [6, 6.07) is 13.7. The minimum atomic E-state index is -0.646. The zero-order valence-corrected chi connectivity index (χ0v) is 18.0. The molecule has 0 aromatic heterocycles. The van der Waals surface area contributed by atoms with Gasteiger partial charge in [-0.1, -0.05) is 60.8 Å². The molecule has 3 rings (SSSR count). The topological polar surface area (TPSA) is 49.4 Å². The molecule has 0 heterocycles. The number of halogens is 2. The van der Waals surface area contributed by atoms with Crippen LogP contribution in [0.3, 0.4) is 0 Å². The van der Waals surface area contributed by atoms with E-state index in [-0.39, 0.29) is 34.9 Å². The first-order valence-corrected chi connectivity index (χ1v) is 10.9. The number of carbonyl (C=O) groups excluding carboxylic acids is 2. The predicted molar refractivity (Wildman–Crippen MR) is 117 cm³/mol. The molecule has 2 aromatic rings. The first kappa shape index (κ1) is 22.3. The van der Waals surface area contributed by atoms with Crippen molar-refractivity contribution in [3.63, 3.8) is 0 Å². The Labute approximate surface area is 182 Å². The number of nitrogens with zero attached hydrogens (tertiary/aromatic N) is 1. The highest BCUT2D eigenvalue weighted by atomic mass is 35.5. The molecule has 1 saturated carbocycles. The van der Waals surface area contributed by atoms with E-state index in [4.69, 9.17) is 11.6 Å². The first-order chi connectivity index (χ1) is 14.5. The second-order valence-corrected chi connectivity index (χ2v) is 8.27. The molecule has 2 aromatic carbocycles. The second kappa shape index (κ2) is 10.6. The summed E-state index contributed by atoms with van der Waals surface area (Å²) in [7, 11) is 0. The molecule has 160 valence electrons. The maximum absolute atomic E-state index is 14.2. The third-order valence-electron chi connectivity index (χ3n) is 5.74. The molecule has 2 amide bonds. The van der Waals surface area contributed by atoms with Gasteiger partial charge in [-0.2, -0.15) is 0 Å². The molecular formula is C24H28ClFN2O2. The van der Waals surface area contributed by atoms with Crippen LogP contribution in [0.15, 0.2) is 48.5 Å². The highest BCUT2D eigenvalue weighted by molar-refractivity contribution is 6.31. The number of benzene rings is 2. The van der Waals surface area contributed by atoms with Crippen molar-refractivity contribution < 1.29 is 14.0 Å². The standard InChI is InChI=1S/C24H28ClFN2O2/c1-17(24(30)27-19-10-5-6-11-19)28(15-14-18-8-3-2-4-9-18)23(29)16-20-21(25)12-7-13-22(20)26/h2-4,7-9,12-13,17,19H,5-6,10-11,14-16H2,1H3,(H,27,30)/t17-/m0/s1. The van der Waals surface area contributed by atoms with Crippen molar-refractivity contribution >= 4 is 23.4 Å². The lowest BCUT2D eigenvalue weighted by Gasteiger charge is -2.30. The number of hydrogen-bond acceptors (Lipinski definition) is 2. The zero-order chi connectivity index (χ0) is 21.5. The smallest absolute Gasteiger partial charge is 0.242 e. The van der Waals surface area contributed by atoms with Crippen LogP contribution in [-0.2, 0) is 22.4 Å². The average molecular weight is 431 g/mol. The molecule has 1 N–H and O–H groups in total. The number of nitrogens with one attached hydrogen (secondary N) is 1. The van der Waals surface area contributed by atoms with Crippen molar-refractivity contribution in [2.24, 2.45) is 0 Å². The maximum atomic E-state index is 14.2. The van der Waals surface area contributed by atoms with Gasteiger partial charge in [0.05, 0.1) is 6.42 Å². The van der Waals surface area contributed by atoms with Crippen molar-refractivity contribution in [3.8, 4) is 0 Å². The molecule has 1 aliphatic rings. The van der Waals surface area contributed by atoms with E-state index in [1.54, 1.807) is 17.9 Å². The lowest BCUT2D eigenvalue weighted by atomic mass is 10.1. The van der Waals surface area contributed by atoms with Gasteiger partial charge in [0, 0.05) is 23.2 Å². The quantitative estimate of drug-likeness (QED) is 0.668. The van der Waals surface area contributed by atoms with E-state index in [1.165, 1.54) is 12.1 Å². The molecule has 1 aliphatic carbocycles. The average Bonchev–Trinajstić information content (AvgIpc) is 3.24. The Bertz CT molecular complexity index is 849. The third-order valence-corrected chi connectivity index (χ3v) is 6.10. The van der Waals surface area contributed by atoms with Crippen molar-refractivity contribution in [1.82, 2.24) is 10.2 Å². The normalized spacial score (nSPS) is 15.0. The molecule has 30 heavy (non-hydrogen) atoms. The van der Waals surface area contributed by atoms with E-state index in [0.29, 0.717) is 13.0 Å². The van der Waals surface area contributed by atoms with Crippen LogP contribution < -0.4 is 5.32 Å². The van der Waals surface area contributed by atoms with Gasteiger partial charge in [0.15, 0.2) is 0 Å². The van der Waals surface area contributed by atoms with Crippen LogP contribution in [0.4, 0.5) is 4.39 Å². The molecular weight excluding hydrogens is 403 g/mol. The van der Waals surface area contributed by atoms with Crippen LogP contribution in [0.5, 0.6) is 0 Å². The number of carbonyl (C=O) groups is 2. The summed E-state index contributed by atoms with van der Waals surface area (Å²) in [4.78, 5) is 27.5. The molecule has 0 bridgehead atoms. The summed E-state index contributed by atoms with van der Waals surface area (Å²) in [6.07, 6.45) is 4.60. The lowest BCUT2D eigenvalue weighted by molar-refractivity contribution is -0.139. The Balaban J connectivity index is 1.74. The van der Waals surface area contributed by atoms with Crippen molar-refractivity contribution in [1.29, 1.82) is 0 Å². The molecule has 0 saturated heterocycles. The summed E-state index contributed by atoms with van der Waals surface area (Å²) in [5.74, 6) is -0.989. The molecule has 0 spiro atoms. The zero-order valence-electron chi connectivity index (χ0n) is 17.2. The van der Waals surface area contributed by atoms with Gasteiger partial charge in [0.25, 0.3) is 0 Å². The van der Waals surface area contributed by atoms with E-state index in [9.17, 15) is 14.0 Å². The van der Waals surface area contributed by atoms with Crippen LogP contribution in [0.1, 0.15) is 43.7 Å². The van der Waals surface area contributed by atoms with E-state index in [0.717, 1.165) is 31.2 Å². The van der Waals surface area contributed by atoms with Crippen LogP contribution in [-0.4, -0.2) is 35.3 Å². The van der Waals surface area contributed by atoms with Crippen LogP contribution in [0.2, 0.25) is 5.02 Å². The Morgan fingerprint density at radius 3 is 2.50 bits per heavy atom. The number of rotatable bonds is 8. The Morgan fingerprint density at radius 2 is 1.83 bits per heavy atom. The van der Waals surface area contributed by atoms with E-state index in [1.807, 2.05) is 30.3 Å². The Kier molecular flexibility index (Phi) is 7.86. The molecule has 0 unspecified atom stereocenters. The van der Waals surface area contributed by atoms with Gasteiger partial charge in [0.1, 0.15) is 11.9 Å². The Hall–Kier alpha value is -2.40. The predicted octanol–water partition coefficient (Wildman–Crippen LogP) is 4.54. The van der Waals surface area contributed by atoms with Gasteiger partial charge in [-0.3, -0.25) is 9.59 Å². The summed E-state index contributed by atoms with van der Waals surface area (Å²) in [6.45, 7) is 2.10. The summed E-state index contributed by atoms with van der Waals surface area (Å²) < 4.78 is 14.2. The summed E-state index contributed by atoms with van der Waals surface area (Å²) >= 11 is 6.12. The molecule has 6 heteroatoms. The second-order valence-electron chi connectivity index (χ2n) is 7.87. The summed E-state index contributed by atoms with van der Waals surface area (Å²) in [5, 5.41) is 3.28. The van der Waals surface area contributed by atoms with Gasteiger partial charge < -0.3 is 10.2 Å². The lowest BCUT2D eigenvalue weighted by Crippen LogP contribution is -2.51.